The summed E-state index contributed by atoms with van der Waals surface area (Å²) in [4.78, 5) is 18.9. The van der Waals surface area contributed by atoms with Gasteiger partial charge in [0.2, 0.25) is 0 Å². The zero-order valence-corrected chi connectivity index (χ0v) is 24.2. The molecule has 10 heteroatoms. The Hall–Kier alpha value is -4.18. The predicted octanol–water partition coefficient (Wildman–Crippen LogP) is 5.48. The molecular weight excluding hydrogens is 528 g/mol. The van der Waals surface area contributed by atoms with Gasteiger partial charge in [0.25, 0.3) is 10.0 Å². The molecular formula is C30H32N4O5S. The number of nitrogens with one attached hydrogen (secondary N) is 1. The molecule has 0 fully saturated rings. The van der Waals surface area contributed by atoms with Crippen molar-refractivity contribution in [3.63, 3.8) is 0 Å². The van der Waals surface area contributed by atoms with Crippen molar-refractivity contribution in [2.45, 2.75) is 65.4 Å². The van der Waals surface area contributed by atoms with E-state index in [1.807, 2.05) is 59.7 Å². The van der Waals surface area contributed by atoms with Gasteiger partial charge in [0.05, 0.1) is 15.9 Å². The van der Waals surface area contributed by atoms with Gasteiger partial charge in [0.15, 0.2) is 5.82 Å². The standard InChI is InChI=1S/C30H32N4O5S/c1-17(2)25-15-34(40(36,37)23-10-7-18(3)8-11-23)26-12-9-22(31-29(25)26)14-24-19(4)13-27(21(6)20(24)5)38-16-28-32-30(35)39-33-28/h7-13,15,17H,14,16H2,1-6H3,(H,32,33,35). The molecule has 0 aliphatic rings. The molecule has 0 radical (unpaired) electrons. The van der Waals surface area contributed by atoms with Gasteiger partial charge in [-0.15, -0.1) is 0 Å². The summed E-state index contributed by atoms with van der Waals surface area (Å²) < 4.78 is 38.9. The third kappa shape index (κ3) is 5.06. The topological polar surface area (TPSA) is 120 Å². The Morgan fingerprint density at radius 3 is 2.40 bits per heavy atom. The highest BCUT2D eigenvalue weighted by atomic mass is 32.2. The third-order valence-corrected chi connectivity index (χ3v) is 9.00. The second-order valence-corrected chi connectivity index (χ2v) is 12.3. The van der Waals surface area contributed by atoms with Crippen molar-refractivity contribution in [2.75, 3.05) is 0 Å². The van der Waals surface area contributed by atoms with Crippen LogP contribution in [0.25, 0.3) is 11.0 Å². The number of ether oxygens (including phenoxy) is 1. The molecule has 5 rings (SSSR count). The van der Waals surface area contributed by atoms with Crippen LogP contribution in [-0.2, 0) is 23.1 Å². The molecule has 9 nitrogen and oxygen atoms in total. The number of benzene rings is 2. The lowest BCUT2D eigenvalue weighted by Crippen LogP contribution is -2.12. The van der Waals surface area contributed by atoms with Gasteiger partial charge in [-0.05, 0) is 91.8 Å². The van der Waals surface area contributed by atoms with Crippen molar-refractivity contribution in [1.29, 1.82) is 0 Å². The zero-order chi connectivity index (χ0) is 28.8. The van der Waals surface area contributed by atoms with E-state index in [0.29, 0.717) is 29.0 Å². The van der Waals surface area contributed by atoms with Crippen LogP contribution in [0.2, 0.25) is 0 Å². The maximum atomic E-state index is 13.6. The number of hydrogen-bond acceptors (Lipinski definition) is 7. The van der Waals surface area contributed by atoms with Crippen LogP contribution >= 0.6 is 0 Å². The monoisotopic (exact) mass is 560 g/mol. The Morgan fingerprint density at radius 1 is 1.02 bits per heavy atom. The Labute approximate surface area is 232 Å². The Morgan fingerprint density at radius 2 is 1.75 bits per heavy atom. The van der Waals surface area contributed by atoms with Gasteiger partial charge in [-0.25, -0.2) is 17.2 Å². The first-order valence-corrected chi connectivity index (χ1v) is 14.5. The smallest absolute Gasteiger partial charge is 0.439 e. The Balaban J connectivity index is 1.49. The highest BCUT2D eigenvalue weighted by Gasteiger charge is 2.23. The third-order valence-electron chi connectivity index (χ3n) is 7.31. The lowest BCUT2D eigenvalue weighted by Gasteiger charge is -2.17. The fourth-order valence-electron chi connectivity index (χ4n) is 4.85. The predicted molar refractivity (Wildman–Crippen MR) is 152 cm³/mol. The number of aryl methyl sites for hydroxylation is 2. The number of H-pyrrole nitrogens is 1. The maximum Gasteiger partial charge on any atom is 0.439 e. The Kier molecular flexibility index (Phi) is 7.14. The second kappa shape index (κ2) is 10.4. The number of hydrogen-bond donors (Lipinski definition) is 1. The van der Waals surface area contributed by atoms with Crippen molar-refractivity contribution in [3.05, 3.63) is 104 Å². The molecule has 40 heavy (non-hydrogen) atoms. The molecule has 3 aromatic heterocycles. The average molecular weight is 561 g/mol. The van der Waals surface area contributed by atoms with Crippen molar-refractivity contribution < 1.29 is 17.7 Å². The fourth-order valence-corrected chi connectivity index (χ4v) is 6.22. The molecule has 0 aliphatic carbocycles. The molecule has 3 heterocycles. The fraction of sp³-hybridized carbons (Fsp3) is 0.300. The Bertz CT molecular complexity index is 1880. The van der Waals surface area contributed by atoms with E-state index in [2.05, 4.69) is 14.7 Å². The highest BCUT2D eigenvalue weighted by Crippen LogP contribution is 2.32. The van der Waals surface area contributed by atoms with E-state index in [1.54, 1.807) is 30.5 Å². The van der Waals surface area contributed by atoms with Gasteiger partial charge >= 0.3 is 5.76 Å². The van der Waals surface area contributed by atoms with Gasteiger partial charge in [0, 0.05) is 18.3 Å². The lowest BCUT2D eigenvalue weighted by molar-refractivity contribution is 0.283. The van der Waals surface area contributed by atoms with Crippen LogP contribution in [0, 0.1) is 27.7 Å². The van der Waals surface area contributed by atoms with Crippen LogP contribution in [0.4, 0.5) is 0 Å². The van der Waals surface area contributed by atoms with E-state index in [-0.39, 0.29) is 17.4 Å². The number of fused-ring (bicyclic) bond motifs is 1. The van der Waals surface area contributed by atoms with E-state index in [1.165, 1.54) is 3.97 Å². The molecule has 0 saturated carbocycles. The molecule has 0 saturated heterocycles. The summed E-state index contributed by atoms with van der Waals surface area (Å²) in [6, 6.07) is 12.6. The largest absolute Gasteiger partial charge is 0.485 e. The maximum absolute atomic E-state index is 13.6. The second-order valence-electron chi connectivity index (χ2n) is 10.5. The molecule has 5 aromatic rings. The van der Waals surface area contributed by atoms with Crippen molar-refractivity contribution in [3.8, 4) is 5.75 Å². The van der Waals surface area contributed by atoms with Crippen LogP contribution in [0.1, 0.15) is 64.7 Å². The van der Waals surface area contributed by atoms with Gasteiger partial charge in [-0.1, -0.05) is 36.7 Å². The number of aromatic amines is 1. The molecule has 0 atom stereocenters. The minimum absolute atomic E-state index is 0.0847. The van der Waals surface area contributed by atoms with Crippen molar-refractivity contribution in [2.24, 2.45) is 0 Å². The van der Waals surface area contributed by atoms with E-state index in [4.69, 9.17) is 9.72 Å². The van der Waals surface area contributed by atoms with Crippen LogP contribution in [0.3, 0.4) is 0 Å². The summed E-state index contributed by atoms with van der Waals surface area (Å²) in [6.45, 7) is 12.2. The summed E-state index contributed by atoms with van der Waals surface area (Å²) in [5.74, 6) is 0.484. The summed E-state index contributed by atoms with van der Waals surface area (Å²) >= 11 is 0. The summed E-state index contributed by atoms with van der Waals surface area (Å²) in [5, 5.41) is 3.64. The summed E-state index contributed by atoms with van der Waals surface area (Å²) in [6.07, 6.45) is 2.29. The number of nitrogens with zero attached hydrogens (tertiary/aromatic N) is 3. The van der Waals surface area contributed by atoms with Crippen LogP contribution < -0.4 is 10.5 Å². The van der Waals surface area contributed by atoms with Crippen LogP contribution in [-0.4, -0.2) is 27.5 Å². The van der Waals surface area contributed by atoms with Crippen LogP contribution in [0.15, 0.2) is 62.9 Å². The lowest BCUT2D eigenvalue weighted by atomic mass is 9.94. The van der Waals surface area contributed by atoms with Crippen LogP contribution in [0.5, 0.6) is 5.75 Å². The molecule has 208 valence electrons. The van der Waals surface area contributed by atoms with Crippen molar-refractivity contribution in [1.82, 2.24) is 19.1 Å². The quantitative estimate of drug-likeness (QED) is 0.267. The minimum Gasteiger partial charge on any atom is -0.485 e. The first kappa shape index (κ1) is 27.4. The minimum atomic E-state index is -3.78. The summed E-state index contributed by atoms with van der Waals surface area (Å²) in [7, 11) is -3.78. The first-order chi connectivity index (χ1) is 19.0. The SMILES string of the molecule is Cc1ccc(S(=O)(=O)n2cc(C(C)C)c3nc(Cc4c(C)cc(OCc5noc(=O)[nH]5)c(C)c4C)ccc32)cc1. The number of aromatic nitrogens is 4. The molecule has 0 aliphatic heterocycles. The molecule has 2 aromatic carbocycles. The molecule has 0 unspecified atom stereocenters. The summed E-state index contributed by atoms with van der Waals surface area (Å²) in [5.41, 5.74) is 8.20. The van der Waals surface area contributed by atoms with Gasteiger partial charge < -0.3 is 4.74 Å². The molecule has 0 bridgehead atoms. The number of rotatable bonds is 8. The van der Waals surface area contributed by atoms with Crippen molar-refractivity contribution >= 4 is 21.1 Å². The number of pyridine rings is 1. The first-order valence-electron chi connectivity index (χ1n) is 13.1. The molecule has 0 amide bonds. The van der Waals surface area contributed by atoms with E-state index in [9.17, 15) is 13.2 Å². The van der Waals surface area contributed by atoms with Gasteiger partial charge in [-0.2, -0.15) is 0 Å². The molecule has 0 spiro atoms. The van der Waals surface area contributed by atoms with Gasteiger partial charge in [0.1, 0.15) is 12.4 Å². The zero-order valence-electron chi connectivity index (χ0n) is 23.4. The van der Waals surface area contributed by atoms with Gasteiger partial charge in [-0.3, -0.25) is 14.5 Å². The van der Waals surface area contributed by atoms with E-state index < -0.39 is 15.8 Å². The van der Waals surface area contributed by atoms with E-state index >= 15 is 0 Å². The average Bonchev–Trinajstić information content (AvgIpc) is 3.51. The molecule has 1 N–H and O–H groups in total. The van der Waals surface area contributed by atoms with E-state index in [0.717, 1.165) is 39.1 Å². The highest BCUT2D eigenvalue weighted by molar-refractivity contribution is 7.90. The normalized spacial score (nSPS) is 12.0.